The number of hydrogen-bond donors (Lipinski definition) is 0. The largest absolute Gasteiger partial charge is 0.0594 e. The van der Waals surface area contributed by atoms with E-state index in [2.05, 4.69) is 27.7 Å². The summed E-state index contributed by atoms with van der Waals surface area (Å²) in [6.07, 6.45) is 12.2. The van der Waals surface area contributed by atoms with Gasteiger partial charge in [0, 0.05) is 0 Å². The van der Waals surface area contributed by atoms with Crippen molar-refractivity contribution >= 4 is 0 Å². The zero-order chi connectivity index (χ0) is 13.0. The molecule has 3 aliphatic carbocycles. The maximum atomic E-state index is 2.58. The second-order valence-electron chi connectivity index (χ2n) is 8.70. The first kappa shape index (κ1) is 13.0. The molecular formula is C18H32. The lowest BCUT2D eigenvalue weighted by atomic mass is 9.45. The van der Waals surface area contributed by atoms with Crippen LogP contribution in [-0.2, 0) is 0 Å². The van der Waals surface area contributed by atoms with Crippen molar-refractivity contribution in [3.63, 3.8) is 0 Å². The summed E-state index contributed by atoms with van der Waals surface area (Å²) in [7, 11) is 0. The Morgan fingerprint density at radius 1 is 0.722 bits per heavy atom. The maximum absolute atomic E-state index is 2.58. The fourth-order valence-electron chi connectivity index (χ4n) is 5.73. The highest BCUT2D eigenvalue weighted by Crippen LogP contribution is 2.62. The smallest absolute Gasteiger partial charge is 0.0272 e. The normalized spacial score (nSPS) is 46.0. The summed E-state index contributed by atoms with van der Waals surface area (Å²) in [4.78, 5) is 0. The standard InChI is InChI=1S/C18H32/c1-17(2)12-11-15-14-8-6-5-7-13(14)9-10-16(15)18(17,3)4/h13-16H,5-12H2,1-4H3. The van der Waals surface area contributed by atoms with Gasteiger partial charge in [0.1, 0.15) is 0 Å². The van der Waals surface area contributed by atoms with Crippen LogP contribution in [0.15, 0.2) is 0 Å². The van der Waals surface area contributed by atoms with Gasteiger partial charge in [-0.05, 0) is 66.6 Å². The van der Waals surface area contributed by atoms with Crippen molar-refractivity contribution in [1.29, 1.82) is 0 Å². The first-order chi connectivity index (χ1) is 8.43. The average molecular weight is 248 g/mol. The Bertz CT molecular complexity index is 312. The van der Waals surface area contributed by atoms with Crippen LogP contribution in [0.25, 0.3) is 0 Å². The van der Waals surface area contributed by atoms with E-state index in [0.29, 0.717) is 10.8 Å². The molecule has 0 aromatic rings. The van der Waals surface area contributed by atoms with Gasteiger partial charge >= 0.3 is 0 Å². The quantitative estimate of drug-likeness (QED) is 0.518. The van der Waals surface area contributed by atoms with Gasteiger partial charge in [0.05, 0.1) is 0 Å². The first-order valence-corrected chi connectivity index (χ1v) is 8.43. The van der Waals surface area contributed by atoms with Crippen LogP contribution in [0.4, 0.5) is 0 Å². The summed E-state index contributed by atoms with van der Waals surface area (Å²) >= 11 is 0. The van der Waals surface area contributed by atoms with Crippen LogP contribution in [0.1, 0.15) is 79.1 Å². The summed E-state index contributed by atoms with van der Waals surface area (Å²) in [6, 6.07) is 0. The monoisotopic (exact) mass is 248 g/mol. The average Bonchev–Trinajstić information content (AvgIpc) is 2.34. The van der Waals surface area contributed by atoms with E-state index in [-0.39, 0.29) is 0 Å². The Balaban J connectivity index is 1.85. The van der Waals surface area contributed by atoms with Gasteiger partial charge in [-0.3, -0.25) is 0 Å². The van der Waals surface area contributed by atoms with Gasteiger partial charge in [0.2, 0.25) is 0 Å². The molecule has 3 rings (SSSR count). The van der Waals surface area contributed by atoms with E-state index in [1.165, 1.54) is 32.1 Å². The minimum atomic E-state index is 0.551. The molecule has 0 amide bonds. The maximum Gasteiger partial charge on any atom is -0.0272 e. The molecule has 0 aliphatic heterocycles. The van der Waals surface area contributed by atoms with Gasteiger partial charge in [0.15, 0.2) is 0 Å². The Morgan fingerprint density at radius 2 is 1.44 bits per heavy atom. The summed E-state index contributed by atoms with van der Waals surface area (Å²) in [5, 5.41) is 0. The molecule has 0 heterocycles. The van der Waals surface area contributed by atoms with Crippen LogP contribution in [0, 0.1) is 34.5 Å². The molecular weight excluding hydrogens is 216 g/mol. The first-order valence-electron chi connectivity index (χ1n) is 8.43. The third-order valence-electron chi connectivity index (χ3n) is 7.66. The molecule has 0 heteroatoms. The third kappa shape index (κ3) is 1.78. The van der Waals surface area contributed by atoms with Crippen molar-refractivity contribution in [1.82, 2.24) is 0 Å². The molecule has 18 heavy (non-hydrogen) atoms. The highest BCUT2D eigenvalue weighted by molar-refractivity contribution is 5.03. The highest BCUT2D eigenvalue weighted by atomic mass is 14.6. The van der Waals surface area contributed by atoms with Gasteiger partial charge in [-0.2, -0.15) is 0 Å². The van der Waals surface area contributed by atoms with E-state index in [9.17, 15) is 0 Å². The zero-order valence-corrected chi connectivity index (χ0v) is 13.0. The van der Waals surface area contributed by atoms with Crippen LogP contribution in [0.2, 0.25) is 0 Å². The van der Waals surface area contributed by atoms with Gasteiger partial charge in [0.25, 0.3) is 0 Å². The lowest BCUT2D eigenvalue weighted by Gasteiger charge is -2.60. The molecule has 0 spiro atoms. The molecule has 0 saturated heterocycles. The predicted molar refractivity (Wildman–Crippen MR) is 78.5 cm³/mol. The van der Waals surface area contributed by atoms with E-state index >= 15 is 0 Å². The Labute approximate surface area is 114 Å². The van der Waals surface area contributed by atoms with Crippen LogP contribution in [-0.4, -0.2) is 0 Å². The van der Waals surface area contributed by atoms with Crippen molar-refractivity contribution in [2.75, 3.05) is 0 Å². The van der Waals surface area contributed by atoms with E-state index in [1.54, 1.807) is 19.3 Å². The fraction of sp³-hybridized carbons (Fsp3) is 1.00. The molecule has 0 N–H and O–H groups in total. The number of rotatable bonds is 0. The third-order valence-corrected chi connectivity index (χ3v) is 7.66. The van der Waals surface area contributed by atoms with Gasteiger partial charge in [-0.15, -0.1) is 0 Å². The zero-order valence-electron chi connectivity index (χ0n) is 13.0. The lowest BCUT2D eigenvalue weighted by Crippen LogP contribution is -2.52. The van der Waals surface area contributed by atoms with E-state index in [0.717, 1.165) is 23.7 Å². The lowest BCUT2D eigenvalue weighted by molar-refractivity contribution is -0.105. The second kappa shape index (κ2) is 4.25. The van der Waals surface area contributed by atoms with E-state index < -0.39 is 0 Å². The molecule has 3 saturated carbocycles. The Hall–Kier alpha value is 0. The summed E-state index contributed by atoms with van der Waals surface area (Å²) in [6.45, 7) is 10.2. The Kier molecular flexibility index (Phi) is 3.07. The molecule has 0 aromatic carbocycles. The van der Waals surface area contributed by atoms with Crippen LogP contribution >= 0.6 is 0 Å². The van der Waals surface area contributed by atoms with Crippen LogP contribution < -0.4 is 0 Å². The van der Waals surface area contributed by atoms with Crippen molar-refractivity contribution < 1.29 is 0 Å². The van der Waals surface area contributed by atoms with Crippen molar-refractivity contribution in [3.05, 3.63) is 0 Å². The molecule has 0 aromatic heterocycles. The second-order valence-corrected chi connectivity index (χ2v) is 8.70. The SMILES string of the molecule is CC1(C)CCC2C3CCCCC3CCC2C1(C)C. The number of hydrogen-bond acceptors (Lipinski definition) is 0. The fourth-order valence-corrected chi connectivity index (χ4v) is 5.73. The summed E-state index contributed by atoms with van der Waals surface area (Å²) < 4.78 is 0. The van der Waals surface area contributed by atoms with Gasteiger partial charge in [-0.1, -0.05) is 47.0 Å². The van der Waals surface area contributed by atoms with Gasteiger partial charge < -0.3 is 0 Å². The summed E-state index contributed by atoms with van der Waals surface area (Å²) in [5.74, 6) is 4.30. The minimum absolute atomic E-state index is 0.551. The molecule has 104 valence electrons. The molecule has 4 atom stereocenters. The van der Waals surface area contributed by atoms with Crippen LogP contribution in [0.3, 0.4) is 0 Å². The highest BCUT2D eigenvalue weighted by Gasteiger charge is 2.53. The van der Waals surface area contributed by atoms with E-state index in [1.807, 2.05) is 0 Å². The molecule has 4 unspecified atom stereocenters. The molecule has 3 fully saturated rings. The van der Waals surface area contributed by atoms with Crippen LogP contribution in [0.5, 0.6) is 0 Å². The van der Waals surface area contributed by atoms with E-state index in [4.69, 9.17) is 0 Å². The molecule has 3 aliphatic rings. The molecule has 0 radical (unpaired) electrons. The predicted octanol–water partition coefficient (Wildman–Crippen LogP) is 5.67. The van der Waals surface area contributed by atoms with Gasteiger partial charge in [-0.25, -0.2) is 0 Å². The van der Waals surface area contributed by atoms with Crippen molar-refractivity contribution in [2.45, 2.75) is 79.1 Å². The molecule has 0 bridgehead atoms. The molecule has 0 nitrogen and oxygen atoms in total. The van der Waals surface area contributed by atoms with Crippen molar-refractivity contribution in [2.24, 2.45) is 34.5 Å². The summed E-state index contributed by atoms with van der Waals surface area (Å²) in [5.41, 5.74) is 1.11. The number of fused-ring (bicyclic) bond motifs is 3. The topological polar surface area (TPSA) is 0 Å². The minimum Gasteiger partial charge on any atom is -0.0594 e. The Morgan fingerprint density at radius 3 is 2.22 bits per heavy atom. The van der Waals surface area contributed by atoms with Crippen molar-refractivity contribution in [3.8, 4) is 0 Å².